The number of hydrogen-bond acceptors (Lipinski definition) is 3. The lowest BCUT2D eigenvalue weighted by molar-refractivity contribution is 0.467. The zero-order valence-electron chi connectivity index (χ0n) is 11.3. The first kappa shape index (κ1) is 15.5. The monoisotopic (exact) mass is 329 g/mol. The number of nitrogens with zero attached hydrogens (tertiary/aromatic N) is 1. The minimum Gasteiger partial charge on any atom is -0.207 e. The van der Waals surface area contributed by atoms with Gasteiger partial charge < -0.3 is 0 Å². The SMILES string of the molecule is Cc1cccc(CN(C)S(=O)(=O)c2csc(CCl)c2)c1. The third-order valence-electron chi connectivity index (χ3n) is 2.96. The third kappa shape index (κ3) is 3.41. The fourth-order valence-corrected chi connectivity index (χ4v) is 4.43. The highest BCUT2D eigenvalue weighted by atomic mass is 35.5. The van der Waals surface area contributed by atoms with Crippen molar-refractivity contribution in [1.29, 1.82) is 0 Å². The second-order valence-electron chi connectivity index (χ2n) is 4.63. The maximum absolute atomic E-state index is 12.4. The summed E-state index contributed by atoms with van der Waals surface area (Å²) in [6.07, 6.45) is 0. The molecular weight excluding hydrogens is 314 g/mol. The predicted octanol–water partition coefficient (Wildman–Crippen LogP) is 3.62. The molecule has 1 heterocycles. The van der Waals surface area contributed by atoms with Gasteiger partial charge in [0, 0.05) is 23.8 Å². The van der Waals surface area contributed by atoms with Crippen LogP contribution in [0.1, 0.15) is 16.0 Å². The molecule has 0 unspecified atom stereocenters. The summed E-state index contributed by atoms with van der Waals surface area (Å²) in [7, 11) is -1.86. The number of alkyl halides is 1. The smallest absolute Gasteiger partial charge is 0.207 e. The Kier molecular flexibility index (Phi) is 4.86. The van der Waals surface area contributed by atoms with Crippen LogP contribution in [0.2, 0.25) is 0 Å². The van der Waals surface area contributed by atoms with Crippen LogP contribution >= 0.6 is 22.9 Å². The van der Waals surface area contributed by atoms with E-state index in [4.69, 9.17) is 11.6 Å². The molecule has 0 saturated carbocycles. The standard InChI is InChI=1S/C14H16ClNO2S2/c1-11-4-3-5-12(6-11)9-16(2)20(17,18)14-7-13(8-15)19-10-14/h3-7,10H,8-9H2,1-2H3. The van der Waals surface area contributed by atoms with Crippen molar-refractivity contribution in [1.82, 2.24) is 4.31 Å². The molecule has 0 saturated heterocycles. The maximum Gasteiger partial charge on any atom is 0.243 e. The van der Waals surface area contributed by atoms with Gasteiger partial charge in [0.25, 0.3) is 0 Å². The lowest BCUT2D eigenvalue weighted by Crippen LogP contribution is -2.26. The summed E-state index contributed by atoms with van der Waals surface area (Å²) in [6, 6.07) is 9.48. The van der Waals surface area contributed by atoms with E-state index in [1.54, 1.807) is 18.5 Å². The van der Waals surface area contributed by atoms with E-state index < -0.39 is 10.0 Å². The molecule has 0 aliphatic heterocycles. The van der Waals surface area contributed by atoms with E-state index in [2.05, 4.69) is 0 Å². The van der Waals surface area contributed by atoms with Crippen molar-refractivity contribution in [3.8, 4) is 0 Å². The normalized spacial score (nSPS) is 12.0. The molecule has 0 N–H and O–H groups in total. The van der Waals surface area contributed by atoms with Gasteiger partial charge in [-0.25, -0.2) is 8.42 Å². The van der Waals surface area contributed by atoms with Crippen LogP contribution in [0.15, 0.2) is 40.6 Å². The second-order valence-corrected chi connectivity index (χ2v) is 7.94. The number of benzene rings is 1. The minimum absolute atomic E-state index is 0.313. The van der Waals surface area contributed by atoms with E-state index in [1.807, 2.05) is 31.2 Å². The zero-order chi connectivity index (χ0) is 14.8. The molecule has 1 aromatic carbocycles. The molecule has 0 atom stereocenters. The molecule has 0 fully saturated rings. The molecule has 2 rings (SSSR count). The van der Waals surface area contributed by atoms with Crippen LogP contribution in [0.3, 0.4) is 0 Å². The van der Waals surface area contributed by atoms with Crippen molar-refractivity contribution in [2.45, 2.75) is 24.2 Å². The van der Waals surface area contributed by atoms with Crippen LogP contribution < -0.4 is 0 Å². The van der Waals surface area contributed by atoms with Crippen molar-refractivity contribution < 1.29 is 8.42 Å². The summed E-state index contributed by atoms with van der Waals surface area (Å²) in [5.74, 6) is 0.335. The fraction of sp³-hybridized carbons (Fsp3) is 0.286. The van der Waals surface area contributed by atoms with Gasteiger partial charge in [-0.15, -0.1) is 22.9 Å². The van der Waals surface area contributed by atoms with Gasteiger partial charge in [0.05, 0.1) is 10.8 Å². The Morgan fingerprint density at radius 3 is 2.65 bits per heavy atom. The Labute approximate surface area is 128 Å². The summed E-state index contributed by atoms with van der Waals surface area (Å²) in [4.78, 5) is 1.17. The van der Waals surface area contributed by atoms with Gasteiger partial charge in [-0.3, -0.25) is 0 Å². The highest BCUT2D eigenvalue weighted by Gasteiger charge is 2.22. The largest absolute Gasteiger partial charge is 0.243 e. The highest BCUT2D eigenvalue weighted by Crippen LogP contribution is 2.24. The fourth-order valence-electron chi connectivity index (χ4n) is 1.90. The maximum atomic E-state index is 12.4. The molecular formula is C14H16ClNO2S2. The van der Waals surface area contributed by atoms with Crippen LogP contribution in [-0.2, 0) is 22.4 Å². The first-order chi connectivity index (χ1) is 9.43. The molecule has 0 spiro atoms. The average molecular weight is 330 g/mol. The van der Waals surface area contributed by atoms with E-state index in [0.29, 0.717) is 17.3 Å². The van der Waals surface area contributed by atoms with Crippen LogP contribution in [-0.4, -0.2) is 19.8 Å². The summed E-state index contributed by atoms with van der Waals surface area (Å²) < 4.78 is 26.2. The first-order valence-corrected chi connectivity index (χ1v) is 8.94. The van der Waals surface area contributed by atoms with Crippen molar-refractivity contribution in [3.63, 3.8) is 0 Å². The Morgan fingerprint density at radius 1 is 1.30 bits per heavy atom. The van der Waals surface area contributed by atoms with Gasteiger partial charge in [0.15, 0.2) is 0 Å². The number of halogens is 1. The quantitative estimate of drug-likeness (QED) is 0.786. The summed E-state index contributed by atoms with van der Waals surface area (Å²) in [5, 5.41) is 1.64. The van der Waals surface area contributed by atoms with E-state index >= 15 is 0 Å². The number of thiophene rings is 1. The Balaban J connectivity index is 2.21. The minimum atomic E-state index is -3.45. The van der Waals surface area contributed by atoms with Crippen molar-refractivity contribution in [3.05, 3.63) is 51.7 Å². The molecule has 0 amide bonds. The molecule has 0 aliphatic rings. The number of rotatable bonds is 5. The van der Waals surface area contributed by atoms with Crippen molar-refractivity contribution >= 4 is 33.0 Å². The van der Waals surface area contributed by atoms with Gasteiger partial charge >= 0.3 is 0 Å². The van der Waals surface area contributed by atoms with E-state index in [0.717, 1.165) is 16.0 Å². The topological polar surface area (TPSA) is 37.4 Å². The lowest BCUT2D eigenvalue weighted by atomic mass is 10.1. The lowest BCUT2D eigenvalue weighted by Gasteiger charge is -2.16. The molecule has 3 nitrogen and oxygen atoms in total. The molecule has 108 valence electrons. The molecule has 6 heteroatoms. The molecule has 0 radical (unpaired) electrons. The first-order valence-electron chi connectivity index (χ1n) is 6.09. The van der Waals surface area contributed by atoms with E-state index in [1.165, 1.54) is 15.6 Å². The number of aryl methyl sites for hydroxylation is 1. The molecule has 2 aromatic rings. The predicted molar refractivity (Wildman–Crippen MR) is 83.7 cm³/mol. The molecule has 1 aromatic heterocycles. The van der Waals surface area contributed by atoms with Crippen LogP contribution in [0.25, 0.3) is 0 Å². The van der Waals surface area contributed by atoms with Gasteiger partial charge in [-0.05, 0) is 18.6 Å². The Bertz CT molecular complexity index is 695. The van der Waals surface area contributed by atoms with Crippen LogP contribution in [0, 0.1) is 6.92 Å². The number of sulfonamides is 1. The summed E-state index contributed by atoms with van der Waals surface area (Å²) in [6.45, 7) is 2.35. The Hall–Kier alpha value is -0.880. The van der Waals surface area contributed by atoms with E-state index in [-0.39, 0.29) is 0 Å². The molecule has 0 bridgehead atoms. The van der Waals surface area contributed by atoms with Gasteiger partial charge in [-0.1, -0.05) is 29.8 Å². The van der Waals surface area contributed by atoms with Crippen molar-refractivity contribution in [2.75, 3.05) is 7.05 Å². The number of hydrogen-bond donors (Lipinski definition) is 0. The van der Waals surface area contributed by atoms with Crippen LogP contribution in [0.4, 0.5) is 0 Å². The zero-order valence-corrected chi connectivity index (χ0v) is 13.7. The van der Waals surface area contributed by atoms with Crippen molar-refractivity contribution in [2.24, 2.45) is 0 Å². The van der Waals surface area contributed by atoms with Gasteiger partial charge in [-0.2, -0.15) is 4.31 Å². The van der Waals surface area contributed by atoms with E-state index in [9.17, 15) is 8.42 Å². The summed E-state index contributed by atoms with van der Waals surface area (Å²) in [5.41, 5.74) is 2.09. The Morgan fingerprint density at radius 2 is 2.05 bits per heavy atom. The van der Waals surface area contributed by atoms with Gasteiger partial charge in [0.1, 0.15) is 0 Å². The van der Waals surface area contributed by atoms with Crippen LogP contribution in [0.5, 0.6) is 0 Å². The summed E-state index contributed by atoms with van der Waals surface area (Å²) >= 11 is 7.08. The van der Waals surface area contributed by atoms with Gasteiger partial charge in [0.2, 0.25) is 10.0 Å². The molecule has 20 heavy (non-hydrogen) atoms. The third-order valence-corrected chi connectivity index (χ3v) is 6.27. The average Bonchev–Trinajstić information content (AvgIpc) is 2.88. The second kappa shape index (κ2) is 6.26. The molecule has 0 aliphatic carbocycles. The highest BCUT2D eigenvalue weighted by molar-refractivity contribution is 7.89.